The topological polar surface area (TPSA) is 61.6 Å². The number of rotatable bonds is 5. The van der Waals surface area contributed by atoms with E-state index in [4.69, 9.17) is 9.47 Å². The molecule has 5 nitrogen and oxygen atoms in total. The number of nitro benzene ring substituents is 1. The Morgan fingerprint density at radius 1 is 1.33 bits per heavy atom. The molecule has 0 spiro atoms. The van der Waals surface area contributed by atoms with E-state index in [0.29, 0.717) is 11.3 Å². The zero-order chi connectivity index (χ0) is 15.4. The fourth-order valence-electron chi connectivity index (χ4n) is 1.70. The summed E-state index contributed by atoms with van der Waals surface area (Å²) in [6.45, 7) is 0.00547. The van der Waals surface area contributed by atoms with E-state index >= 15 is 0 Å². The van der Waals surface area contributed by atoms with Crippen molar-refractivity contribution in [2.24, 2.45) is 0 Å². The summed E-state index contributed by atoms with van der Waals surface area (Å²) in [5.41, 5.74) is 0.349. The summed E-state index contributed by atoms with van der Waals surface area (Å²) in [6.07, 6.45) is 0. The lowest BCUT2D eigenvalue weighted by Gasteiger charge is -2.09. The van der Waals surface area contributed by atoms with Crippen molar-refractivity contribution in [1.29, 1.82) is 0 Å². The third-order valence-corrected chi connectivity index (χ3v) is 3.67. The molecule has 2 rings (SSSR count). The second kappa shape index (κ2) is 6.53. The Hall–Kier alpha value is -2.15. The van der Waals surface area contributed by atoms with Crippen LogP contribution in [0, 0.1) is 15.9 Å². The highest BCUT2D eigenvalue weighted by atomic mass is 79.9. The first-order valence-corrected chi connectivity index (χ1v) is 6.70. The van der Waals surface area contributed by atoms with Crippen LogP contribution in [0.5, 0.6) is 11.5 Å². The standard InChI is InChI=1S/C14H11BrFNO4/c1-20-10-5-6-13(12(7-10)17(18)19)21-8-9-3-2-4-11(16)14(9)15/h2-7H,8H2,1H3. The van der Waals surface area contributed by atoms with Gasteiger partial charge in [-0.25, -0.2) is 4.39 Å². The molecule has 0 aliphatic rings. The van der Waals surface area contributed by atoms with Gasteiger partial charge in [0.1, 0.15) is 18.2 Å². The molecule has 0 fully saturated rings. The van der Waals surface area contributed by atoms with Crippen LogP contribution in [0.15, 0.2) is 40.9 Å². The fraction of sp³-hybridized carbons (Fsp3) is 0.143. The Bertz CT molecular complexity index is 678. The van der Waals surface area contributed by atoms with Gasteiger partial charge in [-0.15, -0.1) is 0 Å². The lowest BCUT2D eigenvalue weighted by Crippen LogP contribution is -2.01. The molecule has 110 valence electrons. The fourth-order valence-corrected chi connectivity index (χ4v) is 2.08. The van der Waals surface area contributed by atoms with Gasteiger partial charge in [-0.3, -0.25) is 10.1 Å². The molecule has 0 radical (unpaired) electrons. The molecule has 0 heterocycles. The number of nitrogens with zero attached hydrogens (tertiary/aromatic N) is 1. The van der Waals surface area contributed by atoms with Crippen LogP contribution in [0.4, 0.5) is 10.1 Å². The Kier molecular flexibility index (Phi) is 4.74. The average molecular weight is 356 g/mol. The van der Waals surface area contributed by atoms with Crippen molar-refractivity contribution in [2.75, 3.05) is 7.11 Å². The zero-order valence-electron chi connectivity index (χ0n) is 11.0. The van der Waals surface area contributed by atoms with Gasteiger partial charge in [0.2, 0.25) is 0 Å². The van der Waals surface area contributed by atoms with Gasteiger partial charge in [0, 0.05) is 5.56 Å². The predicted molar refractivity (Wildman–Crippen MR) is 78.1 cm³/mol. The minimum Gasteiger partial charge on any atom is -0.496 e. The molecule has 21 heavy (non-hydrogen) atoms. The summed E-state index contributed by atoms with van der Waals surface area (Å²) in [7, 11) is 1.42. The van der Waals surface area contributed by atoms with Gasteiger partial charge in [-0.1, -0.05) is 12.1 Å². The first-order chi connectivity index (χ1) is 10.0. The van der Waals surface area contributed by atoms with E-state index in [1.807, 2.05) is 0 Å². The van der Waals surface area contributed by atoms with Gasteiger partial charge in [0.05, 0.1) is 22.6 Å². The zero-order valence-corrected chi connectivity index (χ0v) is 12.6. The molecule has 0 saturated carbocycles. The molecule has 2 aromatic carbocycles. The van der Waals surface area contributed by atoms with Crippen LogP contribution in [0.1, 0.15) is 5.56 Å². The average Bonchev–Trinajstić information content (AvgIpc) is 2.48. The summed E-state index contributed by atoms with van der Waals surface area (Å²) >= 11 is 3.12. The molecule has 7 heteroatoms. The van der Waals surface area contributed by atoms with E-state index < -0.39 is 10.7 Å². The van der Waals surface area contributed by atoms with Crippen LogP contribution >= 0.6 is 15.9 Å². The molecule has 0 amide bonds. The molecule has 0 bridgehead atoms. The maximum Gasteiger partial charge on any atom is 0.314 e. The summed E-state index contributed by atoms with van der Waals surface area (Å²) in [5, 5.41) is 11.0. The summed E-state index contributed by atoms with van der Waals surface area (Å²) in [6, 6.07) is 8.80. The Morgan fingerprint density at radius 2 is 2.10 bits per heavy atom. The van der Waals surface area contributed by atoms with Crippen LogP contribution in [-0.2, 0) is 6.61 Å². The smallest absolute Gasteiger partial charge is 0.314 e. The molecule has 0 N–H and O–H groups in total. The summed E-state index contributed by atoms with van der Waals surface area (Å²) in [4.78, 5) is 10.5. The van der Waals surface area contributed by atoms with Crippen LogP contribution in [0.25, 0.3) is 0 Å². The van der Waals surface area contributed by atoms with E-state index in [2.05, 4.69) is 15.9 Å². The maximum atomic E-state index is 13.4. The van der Waals surface area contributed by atoms with Crippen LogP contribution in [-0.4, -0.2) is 12.0 Å². The van der Waals surface area contributed by atoms with Gasteiger partial charge in [-0.05, 0) is 34.1 Å². The van der Waals surface area contributed by atoms with E-state index in [9.17, 15) is 14.5 Å². The first-order valence-electron chi connectivity index (χ1n) is 5.91. The van der Waals surface area contributed by atoms with Crippen molar-refractivity contribution < 1.29 is 18.8 Å². The maximum absolute atomic E-state index is 13.4. The monoisotopic (exact) mass is 355 g/mol. The molecule has 0 aliphatic carbocycles. The van der Waals surface area contributed by atoms with Crippen LogP contribution in [0.3, 0.4) is 0 Å². The van der Waals surface area contributed by atoms with Crippen molar-refractivity contribution in [3.05, 3.63) is 62.4 Å². The molecular formula is C14H11BrFNO4. The van der Waals surface area contributed by atoms with Crippen molar-refractivity contribution in [2.45, 2.75) is 6.61 Å². The lowest BCUT2D eigenvalue weighted by atomic mass is 10.2. The normalized spacial score (nSPS) is 10.2. The number of ether oxygens (including phenoxy) is 2. The molecule has 0 aromatic heterocycles. The third kappa shape index (κ3) is 3.49. The molecule has 0 atom stereocenters. The van der Waals surface area contributed by atoms with Crippen LogP contribution < -0.4 is 9.47 Å². The van der Waals surface area contributed by atoms with E-state index in [1.54, 1.807) is 18.2 Å². The second-order valence-corrected chi connectivity index (χ2v) is 4.89. The minimum absolute atomic E-state index is 0.00547. The Morgan fingerprint density at radius 3 is 2.76 bits per heavy atom. The van der Waals surface area contributed by atoms with Gasteiger partial charge < -0.3 is 9.47 Å². The molecule has 0 unspecified atom stereocenters. The second-order valence-electron chi connectivity index (χ2n) is 4.09. The third-order valence-electron chi connectivity index (χ3n) is 2.78. The number of benzene rings is 2. The Labute approximate surface area is 128 Å². The highest BCUT2D eigenvalue weighted by Crippen LogP contribution is 2.32. The van der Waals surface area contributed by atoms with Crippen molar-refractivity contribution >= 4 is 21.6 Å². The van der Waals surface area contributed by atoms with Gasteiger partial charge >= 0.3 is 5.69 Å². The van der Waals surface area contributed by atoms with E-state index in [0.717, 1.165) is 0 Å². The summed E-state index contributed by atoms with van der Waals surface area (Å²) in [5.74, 6) is 0.0401. The quantitative estimate of drug-likeness (QED) is 0.598. The van der Waals surface area contributed by atoms with Crippen molar-refractivity contribution in [1.82, 2.24) is 0 Å². The van der Waals surface area contributed by atoms with Gasteiger partial charge in [-0.2, -0.15) is 0 Å². The first kappa shape index (κ1) is 15.2. The Balaban J connectivity index is 2.23. The molecule has 0 aliphatic heterocycles. The highest BCUT2D eigenvalue weighted by molar-refractivity contribution is 9.10. The van der Waals surface area contributed by atoms with E-state index in [-0.39, 0.29) is 22.5 Å². The van der Waals surface area contributed by atoms with Crippen LogP contribution in [0.2, 0.25) is 0 Å². The molecular weight excluding hydrogens is 345 g/mol. The van der Waals surface area contributed by atoms with E-state index in [1.165, 1.54) is 25.3 Å². The van der Waals surface area contributed by atoms with Crippen molar-refractivity contribution in [3.8, 4) is 11.5 Å². The van der Waals surface area contributed by atoms with Gasteiger partial charge in [0.25, 0.3) is 0 Å². The number of halogens is 2. The highest BCUT2D eigenvalue weighted by Gasteiger charge is 2.17. The number of methoxy groups -OCH3 is 1. The van der Waals surface area contributed by atoms with Gasteiger partial charge in [0.15, 0.2) is 5.75 Å². The number of hydrogen-bond acceptors (Lipinski definition) is 4. The minimum atomic E-state index is -0.557. The summed E-state index contributed by atoms with van der Waals surface area (Å²) < 4.78 is 24.0. The predicted octanol–water partition coefficient (Wildman–Crippen LogP) is 4.08. The lowest BCUT2D eigenvalue weighted by molar-refractivity contribution is -0.386. The SMILES string of the molecule is COc1ccc(OCc2cccc(F)c2Br)c([N+](=O)[O-])c1. The molecule has 0 saturated heterocycles. The molecule has 2 aromatic rings. The number of hydrogen-bond donors (Lipinski definition) is 0. The number of nitro groups is 1. The largest absolute Gasteiger partial charge is 0.496 e. The van der Waals surface area contributed by atoms with Crippen molar-refractivity contribution in [3.63, 3.8) is 0 Å².